The minimum Gasteiger partial charge on any atom is -0.380 e. The SMILES string of the molecule is CN1NCC2CCCC(NS(=O)(=O)C3CCC(C4CNN5CCCOCC45)NC3)C21. The third-order valence-electron chi connectivity index (χ3n) is 8.11. The van der Waals surface area contributed by atoms with Crippen LogP contribution < -0.4 is 20.9 Å². The Bertz CT molecular complexity index is 699. The zero-order chi connectivity index (χ0) is 20.7. The first-order valence-electron chi connectivity index (χ1n) is 11.8. The van der Waals surface area contributed by atoms with Gasteiger partial charge in [0.1, 0.15) is 0 Å². The van der Waals surface area contributed by atoms with Gasteiger partial charge in [-0.2, -0.15) is 0 Å². The Balaban J connectivity index is 1.18. The van der Waals surface area contributed by atoms with Gasteiger partial charge < -0.3 is 10.1 Å². The monoisotopic (exact) mass is 442 g/mol. The summed E-state index contributed by atoms with van der Waals surface area (Å²) in [5.41, 5.74) is 6.93. The third-order valence-corrected chi connectivity index (χ3v) is 10.0. The van der Waals surface area contributed by atoms with Crippen molar-refractivity contribution in [2.45, 2.75) is 67.9 Å². The Morgan fingerprint density at radius 1 is 1.03 bits per heavy atom. The lowest BCUT2D eigenvalue weighted by Crippen LogP contribution is -2.58. The summed E-state index contributed by atoms with van der Waals surface area (Å²) in [7, 11) is -1.30. The van der Waals surface area contributed by atoms with Gasteiger partial charge in [-0.1, -0.05) is 6.42 Å². The average molecular weight is 443 g/mol. The van der Waals surface area contributed by atoms with Gasteiger partial charge in [0, 0.05) is 63.9 Å². The first kappa shape index (κ1) is 21.5. The van der Waals surface area contributed by atoms with Crippen LogP contribution >= 0.6 is 0 Å². The molecule has 5 fully saturated rings. The Morgan fingerprint density at radius 2 is 1.93 bits per heavy atom. The Hall–Kier alpha value is -0.330. The minimum absolute atomic E-state index is 0.0159. The molecule has 0 amide bonds. The summed E-state index contributed by atoms with van der Waals surface area (Å²) in [5.74, 6) is 1.02. The molecule has 30 heavy (non-hydrogen) atoms. The molecule has 7 unspecified atom stereocenters. The van der Waals surface area contributed by atoms with Crippen LogP contribution in [0, 0.1) is 11.8 Å². The van der Waals surface area contributed by atoms with Gasteiger partial charge in [0.05, 0.1) is 17.9 Å². The molecule has 7 atom stereocenters. The maximum absolute atomic E-state index is 13.2. The quantitative estimate of drug-likeness (QED) is 0.451. The van der Waals surface area contributed by atoms with E-state index in [2.05, 4.69) is 30.9 Å². The number of nitrogens with one attached hydrogen (secondary N) is 4. The van der Waals surface area contributed by atoms with E-state index < -0.39 is 10.0 Å². The number of hydrogen-bond acceptors (Lipinski definition) is 8. The molecule has 4 N–H and O–H groups in total. The van der Waals surface area contributed by atoms with Crippen molar-refractivity contribution in [3.63, 3.8) is 0 Å². The fraction of sp³-hybridized carbons (Fsp3) is 1.00. The van der Waals surface area contributed by atoms with Crippen LogP contribution in [-0.4, -0.2) is 94.3 Å². The molecule has 0 radical (unpaired) electrons. The molecule has 172 valence electrons. The molecule has 0 aromatic carbocycles. The van der Waals surface area contributed by atoms with Crippen molar-refractivity contribution in [1.29, 1.82) is 0 Å². The number of ether oxygens (including phenoxy) is 1. The number of sulfonamides is 1. The Morgan fingerprint density at radius 3 is 2.77 bits per heavy atom. The van der Waals surface area contributed by atoms with Gasteiger partial charge in [0.2, 0.25) is 10.0 Å². The molecular formula is C20H38N6O3S. The molecule has 0 bridgehead atoms. The van der Waals surface area contributed by atoms with Crippen molar-refractivity contribution in [3.8, 4) is 0 Å². The normalized spacial score (nSPS) is 43.8. The molecule has 10 heteroatoms. The van der Waals surface area contributed by atoms with Crippen LogP contribution in [-0.2, 0) is 14.8 Å². The lowest BCUT2D eigenvalue weighted by molar-refractivity contribution is 0.0813. The summed E-state index contributed by atoms with van der Waals surface area (Å²) in [4.78, 5) is 0. The number of fused-ring (bicyclic) bond motifs is 2. The number of rotatable bonds is 4. The van der Waals surface area contributed by atoms with Gasteiger partial charge in [-0.15, -0.1) is 0 Å². The first-order chi connectivity index (χ1) is 14.5. The second kappa shape index (κ2) is 8.90. The predicted octanol–water partition coefficient (Wildman–Crippen LogP) is -0.761. The molecule has 1 aliphatic carbocycles. The number of hydrogen-bond donors (Lipinski definition) is 4. The van der Waals surface area contributed by atoms with E-state index in [1.165, 1.54) is 6.42 Å². The molecule has 5 rings (SSSR count). The molecule has 9 nitrogen and oxygen atoms in total. The van der Waals surface area contributed by atoms with Crippen LogP contribution in [0.25, 0.3) is 0 Å². The van der Waals surface area contributed by atoms with E-state index in [1.807, 2.05) is 7.05 Å². The molecule has 4 saturated heterocycles. The topological polar surface area (TPSA) is 98.0 Å². The Kier molecular flexibility index (Phi) is 6.38. The predicted molar refractivity (Wildman–Crippen MR) is 115 cm³/mol. The van der Waals surface area contributed by atoms with Crippen LogP contribution in [0.3, 0.4) is 0 Å². The molecule has 1 saturated carbocycles. The average Bonchev–Trinajstić information content (AvgIpc) is 3.24. The molecule has 0 aromatic rings. The number of likely N-dealkylation sites (N-methyl/N-ethyl adjacent to an activating group) is 1. The maximum Gasteiger partial charge on any atom is 0.216 e. The first-order valence-corrected chi connectivity index (χ1v) is 13.4. The highest BCUT2D eigenvalue weighted by Crippen LogP contribution is 2.32. The van der Waals surface area contributed by atoms with Crippen molar-refractivity contribution >= 4 is 10.0 Å². The number of hydrazine groups is 2. The lowest BCUT2D eigenvalue weighted by Gasteiger charge is -2.39. The fourth-order valence-corrected chi connectivity index (χ4v) is 8.11. The zero-order valence-corrected chi connectivity index (χ0v) is 18.9. The summed E-state index contributed by atoms with van der Waals surface area (Å²) in [5, 5.41) is 7.72. The zero-order valence-electron chi connectivity index (χ0n) is 18.1. The van der Waals surface area contributed by atoms with Crippen molar-refractivity contribution in [2.75, 3.05) is 46.4 Å². The van der Waals surface area contributed by atoms with Crippen LogP contribution in [0.2, 0.25) is 0 Å². The molecule has 0 spiro atoms. The summed E-state index contributed by atoms with van der Waals surface area (Å²) in [6, 6.07) is 1.02. The maximum atomic E-state index is 13.2. The number of nitrogens with zero attached hydrogens (tertiary/aromatic N) is 2. The highest BCUT2D eigenvalue weighted by atomic mass is 32.2. The summed E-state index contributed by atoms with van der Waals surface area (Å²) in [6.07, 6.45) is 5.91. The van der Waals surface area contributed by atoms with Gasteiger partial charge >= 0.3 is 0 Å². The van der Waals surface area contributed by atoms with Gasteiger partial charge in [-0.3, -0.25) is 10.9 Å². The summed E-state index contributed by atoms with van der Waals surface area (Å²) >= 11 is 0. The Labute approximate surface area is 180 Å². The van der Waals surface area contributed by atoms with Crippen LogP contribution in [0.1, 0.15) is 38.5 Å². The van der Waals surface area contributed by atoms with Crippen molar-refractivity contribution in [2.24, 2.45) is 11.8 Å². The van der Waals surface area contributed by atoms with E-state index in [-0.39, 0.29) is 17.3 Å². The second-order valence-electron chi connectivity index (χ2n) is 9.85. The molecular weight excluding hydrogens is 404 g/mol. The minimum atomic E-state index is -3.34. The van der Waals surface area contributed by atoms with E-state index in [1.54, 1.807) is 0 Å². The molecule has 4 aliphatic heterocycles. The number of piperidine rings is 1. The molecule has 4 heterocycles. The highest BCUT2D eigenvalue weighted by Gasteiger charge is 2.45. The third kappa shape index (κ3) is 4.17. The van der Waals surface area contributed by atoms with E-state index >= 15 is 0 Å². The van der Waals surface area contributed by atoms with Crippen LogP contribution in [0.5, 0.6) is 0 Å². The van der Waals surface area contributed by atoms with Crippen LogP contribution in [0.4, 0.5) is 0 Å². The molecule has 0 aromatic heterocycles. The van der Waals surface area contributed by atoms with Gasteiger partial charge in [-0.05, 0) is 38.0 Å². The fourth-order valence-electron chi connectivity index (χ4n) is 6.48. The highest BCUT2D eigenvalue weighted by molar-refractivity contribution is 7.90. The van der Waals surface area contributed by atoms with E-state index in [0.29, 0.717) is 30.5 Å². The van der Waals surface area contributed by atoms with Crippen molar-refractivity contribution < 1.29 is 13.2 Å². The molecule has 5 aliphatic rings. The van der Waals surface area contributed by atoms with E-state index in [0.717, 1.165) is 65.0 Å². The van der Waals surface area contributed by atoms with Crippen molar-refractivity contribution in [3.05, 3.63) is 0 Å². The van der Waals surface area contributed by atoms with Gasteiger partial charge in [-0.25, -0.2) is 23.2 Å². The van der Waals surface area contributed by atoms with Crippen molar-refractivity contribution in [1.82, 2.24) is 30.9 Å². The van der Waals surface area contributed by atoms with E-state index in [4.69, 9.17) is 4.74 Å². The standard InChI is InChI=1S/C20H38N6O3S/c1-25-20-14(10-22-25)4-2-5-18(20)24-30(27,28)15-6-7-17(21-11-15)16-12-23-26-8-3-9-29-13-19(16)26/h14-24H,2-13H2,1H3. The second-order valence-corrected chi connectivity index (χ2v) is 11.8. The van der Waals surface area contributed by atoms with Crippen LogP contribution in [0.15, 0.2) is 0 Å². The lowest BCUT2D eigenvalue weighted by atomic mass is 9.82. The van der Waals surface area contributed by atoms with E-state index in [9.17, 15) is 8.42 Å². The summed E-state index contributed by atoms with van der Waals surface area (Å²) in [6.45, 7) is 5.08. The summed E-state index contributed by atoms with van der Waals surface area (Å²) < 4.78 is 35.4. The smallest absolute Gasteiger partial charge is 0.216 e. The largest absolute Gasteiger partial charge is 0.380 e. The van der Waals surface area contributed by atoms with Gasteiger partial charge in [0.15, 0.2) is 0 Å². The van der Waals surface area contributed by atoms with Gasteiger partial charge in [0.25, 0.3) is 0 Å².